The number of hydrogen-bond donors (Lipinski definition) is 2. The summed E-state index contributed by atoms with van der Waals surface area (Å²) in [5.74, 6) is -0.629. The maximum absolute atomic E-state index is 13.4. The molecule has 2 aromatic heterocycles. The van der Waals surface area contributed by atoms with E-state index in [9.17, 15) is 18.3 Å². The van der Waals surface area contributed by atoms with Crippen molar-refractivity contribution in [2.45, 2.75) is 4.90 Å². The molecular weight excluding hydrogens is 436 g/mol. The number of rotatable bonds is 3. The van der Waals surface area contributed by atoms with Gasteiger partial charge in [-0.2, -0.15) is 18.2 Å². The minimum absolute atomic E-state index is 0.00456. The number of aromatic nitrogens is 1. The van der Waals surface area contributed by atoms with Crippen LogP contribution in [-0.4, -0.2) is 30.3 Å². The van der Waals surface area contributed by atoms with Crippen LogP contribution in [0.1, 0.15) is 10.4 Å². The maximum Gasteiger partial charge on any atom is 0.286 e. The summed E-state index contributed by atoms with van der Waals surface area (Å²) in [6, 6.07) is 16.6. The van der Waals surface area contributed by atoms with Crippen molar-refractivity contribution in [1.82, 2.24) is 4.68 Å². The third kappa shape index (κ3) is 3.22. The highest BCUT2D eigenvalue weighted by molar-refractivity contribution is 7.90. The minimum Gasteiger partial charge on any atom is -0.506 e. The van der Waals surface area contributed by atoms with E-state index < -0.39 is 15.6 Å². The molecule has 1 aliphatic heterocycles. The fourth-order valence-electron chi connectivity index (χ4n) is 3.34. The first-order valence-electron chi connectivity index (χ1n) is 9.12. The summed E-state index contributed by atoms with van der Waals surface area (Å²) in [7, 11) is -4.06. The third-order valence-electron chi connectivity index (χ3n) is 4.74. The SMILES string of the molecule is O=c1c(C2=NS(=O)(=O)c3ccccc3N2)c(O)c2ccccc2n1/N=C/c1cccs1. The number of amidine groups is 1. The molecule has 1 aliphatic rings. The molecule has 2 N–H and O–H groups in total. The van der Waals surface area contributed by atoms with E-state index in [0.29, 0.717) is 10.9 Å². The van der Waals surface area contributed by atoms with Gasteiger partial charge in [0.25, 0.3) is 15.6 Å². The molecule has 0 saturated carbocycles. The smallest absolute Gasteiger partial charge is 0.286 e. The lowest BCUT2D eigenvalue weighted by Gasteiger charge is -2.19. The predicted molar refractivity (Wildman–Crippen MR) is 121 cm³/mol. The summed E-state index contributed by atoms with van der Waals surface area (Å²) in [6.07, 6.45) is 1.53. The van der Waals surface area contributed by atoms with Crippen LogP contribution in [0.25, 0.3) is 10.9 Å². The van der Waals surface area contributed by atoms with Gasteiger partial charge in [-0.25, -0.2) is 0 Å². The molecule has 8 nitrogen and oxygen atoms in total. The van der Waals surface area contributed by atoms with E-state index in [4.69, 9.17) is 0 Å². The molecular formula is C21H14N4O4S2. The minimum atomic E-state index is -4.06. The van der Waals surface area contributed by atoms with Gasteiger partial charge < -0.3 is 10.4 Å². The summed E-state index contributed by atoms with van der Waals surface area (Å²) in [5, 5.41) is 20.3. The van der Waals surface area contributed by atoms with Crippen molar-refractivity contribution < 1.29 is 13.5 Å². The monoisotopic (exact) mass is 450 g/mol. The highest BCUT2D eigenvalue weighted by atomic mass is 32.2. The first-order valence-corrected chi connectivity index (χ1v) is 11.4. The van der Waals surface area contributed by atoms with E-state index in [-0.39, 0.29) is 27.7 Å². The second-order valence-electron chi connectivity index (χ2n) is 6.65. The number of benzene rings is 2. The zero-order chi connectivity index (χ0) is 21.6. The Kier molecular flexibility index (Phi) is 4.45. The Morgan fingerprint density at radius 3 is 2.65 bits per heavy atom. The van der Waals surface area contributed by atoms with Crippen molar-refractivity contribution in [3.63, 3.8) is 0 Å². The molecule has 0 radical (unpaired) electrons. The molecule has 0 unspecified atom stereocenters. The molecule has 4 aromatic rings. The Hall–Kier alpha value is -3.76. The van der Waals surface area contributed by atoms with Crippen molar-refractivity contribution >= 4 is 50.0 Å². The number of aromatic hydroxyl groups is 1. The normalized spacial score (nSPS) is 14.9. The number of fused-ring (bicyclic) bond motifs is 2. The summed E-state index contributed by atoms with van der Waals surface area (Å²) >= 11 is 1.45. The van der Waals surface area contributed by atoms with Crippen LogP contribution in [-0.2, 0) is 10.0 Å². The van der Waals surface area contributed by atoms with Gasteiger partial charge in [-0.3, -0.25) is 4.79 Å². The maximum atomic E-state index is 13.4. The highest BCUT2D eigenvalue weighted by Gasteiger charge is 2.29. The highest BCUT2D eigenvalue weighted by Crippen LogP contribution is 2.32. The number of nitrogens with zero attached hydrogens (tertiary/aromatic N) is 3. The summed E-state index contributed by atoms with van der Waals surface area (Å²) in [5.41, 5.74) is -0.334. The Morgan fingerprint density at radius 1 is 1.06 bits per heavy atom. The molecule has 10 heteroatoms. The molecule has 0 aliphatic carbocycles. The zero-order valence-corrected chi connectivity index (χ0v) is 17.4. The van der Waals surface area contributed by atoms with Crippen LogP contribution in [0, 0.1) is 0 Å². The van der Waals surface area contributed by atoms with Crippen LogP contribution < -0.4 is 10.9 Å². The molecule has 0 atom stereocenters. The van der Waals surface area contributed by atoms with Crippen LogP contribution in [0.3, 0.4) is 0 Å². The molecule has 0 fully saturated rings. The number of hydrogen-bond acceptors (Lipinski definition) is 7. The van der Waals surface area contributed by atoms with Gasteiger partial charge in [-0.05, 0) is 35.7 Å². The van der Waals surface area contributed by atoms with Crippen molar-refractivity contribution in [2.75, 3.05) is 5.32 Å². The van der Waals surface area contributed by atoms with E-state index >= 15 is 0 Å². The van der Waals surface area contributed by atoms with E-state index in [1.165, 1.54) is 23.6 Å². The second-order valence-corrected chi connectivity index (χ2v) is 9.21. The van der Waals surface area contributed by atoms with E-state index in [0.717, 1.165) is 9.55 Å². The van der Waals surface area contributed by atoms with Crippen LogP contribution in [0.5, 0.6) is 5.75 Å². The number of sulfonamides is 1. The fourth-order valence-corrected chi connectivity index (χ4v) is 5.04. The molecule has 2 aromatic carbocycles. The number of nitrogens with one attached hydrogen (secondary N) is 1. The lowest BCUT2D eigenvalue weighted by atomic mass is 10.1. The van der Waals surface area contributed by atoms with Crippen molar-refractivity contribution in [1.29, 1.82) is 0 Å². The topological polar surface area (TPSA) is 113 Å². The molecule has 31 heavy (non-hydrogen) atoms. The molecule has 154 valence electrons. The van der Waals surface area contributed by atoms with Crippen LogP contribution >= 0.6 is 11.3 Å². The molecule has 0 amide bonds. The van der Waals surface area contributed by atoms with E-state index in [2.05, 4.69) is 14.8 Å². The Bertz CT molecular complexity index is 1550. The van der Waals surface area contributed by atoms with E-state index in [1.54, 1.807) is 42.5 Å². The number of para-hydroxylation sites is 2. The molecule has 0 saturated heterocycles. The van der Waals surface area contributed by atoms with Gasteiger partial charge in [0.05, 0.1) is 17.4 Å². The van der Waals surface area contributed by atoms with Gasteiger partial charge in [0.2, 0.25) is 0 Å². The molecule has 0 spiro atoms. The van der Waals surface area contributed by atoms with Gasteiger partial charge in [-0.15, -0.1) is 15.7 Å². The van der Waals surface area contributed by atoms with Gasteiger partial charge in [0.15, 0.2) is 5.84 Å². The van der Waals surface area contributed by atoms with Crippen molar-refractivity contribution in [3.8, 4) is 5.75 Å². The summed E-state index contributed by atoms with van der Waals surface area (Å²) in [6.45, 7) is 0. The standard InChI is InChI=1S/C21H14N4O4S2/c26-19-14-7-1-3-9-16(14)25(22-12-13-6-5-11-30-13)21(27)18(19)20-23-15-8-2-4-10-17(15)31(28,29)24-20/h1-12,26H,(H,23,24)/b22-12+. The Labute approximate surface area is 180 Å². The van der Waals surface area contributed by atoms with Gasteiger partial charge in [0, 0.05) is 10.3 Å². The lowest BCUT2D eigenvalue weighted by Crippen LogP contribution is -2.31. The number of anilines is 1. The second kappa shape index (κ2) is 7.18. The first-order chi connectivity index (χ1) is 15.0. The predicted octanol–water partition coefficient (Wildman–Crippen LogP) is 3.21. The van der Waals surface area contributed by atoms with E-state index in [1.807, 2.05) is 17.5 Å². The first kappa shape index (κ1) is 19.2. The number of pyridine rings is 1. The summed E-state index contributed by atoms with van der Waals surface area (Å²) in [4.78, 5) is 14.2. The van der Waals surface area contributed by atoms with Crippen molar-refractivity contribution in [3.05, 3.63) is 86.8 Å². The van der Waals surface area contributed by atoms with Crippen LogP contribution in [0.4, 0.5) is 5.69 Å². The fraction of sp³-hybridized carbons (Fsp3) is 0. The average molecular weight is 451 g/mol. The molecule has 0 bridgehead atoms. The largest absolute Gasteiger partial charge is 0.506 e. The number of thiophene rings is 1. The quantitative estimate of drug-likeness (QED) is 0.466. The Balaban J connectivity index is 1.77. The molecule has 3 heterocycles. The van der Waals surface area contributed by atoms with Gasteiger partial charge >= 0.3 is 0 Å². The van der Waals surface area contributed by atoms with Crippen molar-refractivity contribution in [2.24, 2.45) is 9.50 Å². The zero-order valence-electron chi connectivity index (χ0n) is 15.8. The van der Waals surface area contributed by atoms with Crippen LogP contribution in [0.15, 0.2) is 85.2 Å². The van der Waals surface area contributed by atoms with Gasteiger partial charge in [-0.1, -0.05) is 30.3 Å². The molecule has 5 rings (SSSR count). The van der Waals surface area contributed by atoms with Gasteiger partial charge in [0.1, 0.15) is 16.2 Å². The summed E-state index contributed by atoms with van der Waals surface area (Å²) < 4.78 is 30.2. The third-order valence-corrected chi connectivity index (χ3v) is 6.88. The Morgan fingerprint density at radius 2 is 1.84 bits per heavy atom. The van der Waals surface area contributed by atoms with Crippen LogP contribution in [0.2, 0.25) is 0 Å². The lowest BCUT2D eigenvalue weighted by molar-refractivity contribution is 0.478. The average Bonchev–Trinajstić information content (AvgIpc) is 3.27.